The highest BCUT2D eigenvalue weighted by Crippen LogP contribution is 2.40. The molecule has 1 aromatic heterocycles. The summed E-state index contributed by atoms with van der Waals surface area (Å²) in [5.74, 6) is -1.08. The van der Waals surface area contributed by atoms with Gasteiger partial charge in [0.25, 0.3) is 0 Å². The topological polar surface area (TPSA) is 146 Å². The average molecular weight is 682 g/mol. The predicted molar refractivity (Wildman–Crippen MR) is 165 cm³/mol. The van der Waals surface area contributed by atoms with Crippen LogP contribution >= 0.6 is 11.6 Å². The van der Waals surface area contributed by atoms with E-state index < -0.39 is 44.9 Å². The summed E-state index contributed by atoms with van der Waals surface area (Å²) < 4.78 is 87.9. The van der Waals surface area contributed by atoms with Gasteiger partial charge in [-0.3, -0.25) is 0 Å². The van der Waals surface area contributed by atoms with Gasteiger partial charge in [0, 0.05) is 41.8 Å². The molecule has 4 rings (SSSR count). The van der Waals surface area contributed by atoms with Crippen molar-refractivity contribution in [1.29, 1.82) is 5.41 Å². The Hall–Kier alpha value is -4.24. The number of nitrogens with zero attached hydrogens (tertiary/aromatic N) is 1. The van der Waals surface area contributed by atoms with Crippen LogP contribution in [0.15, 0.2) is 75.1 Å². The number of nitrogens with one attached hydrogen (secondary N) is 2. The lowest BCUT2D eigenvalue weighted by Crippen LogP contribution is -2.30. The molecule has 0 amide bonds. The van der Waals surface area contributed by atoms with Crippen LogP contribution in [0.4, 0.5) is 23.2 Å². The highest BCUT2D eigenvalue weighted by atomic mass is 35.5. The van der Waals surface area contributed by atoms with Crippen molar-refractivity contribution >= 4 is 32.8 Å². The SMILES string of the molecule is Cc1nc(-c2ccc(OC(F)(F)F)cc2)c(-c2cc(-c3cc(F)c(CO)c(S(C)(=O)=O)c3)ccc2N/C=C(/Cl)C(=N)C(C)(C)O)o1. The van der Waals surface area contributed by atoms with Gasteiger partial charge in [0.1, 0.15) is 22.9 Å². The summed E-state index contributed by atoms with van der Waals surface area (Å²) in [5.41, 5.74) is -0.588. The van der Waals surface area contributed by atoms with Crippen LogP contribution in [-0.4, -0.2) is 47.5 Å². The van der Waals surface area contributed by atoms with Gasteiger partial charge in [-0.2, -0.15) is 0 Å². The van der Waals surface area contributed by atoms with Gasteiger partial charge in [-0.1, -0.05) is 17.7 Å². The van der Waals surface area contributed by atoms with Crippen molar-refractivity contribution in [2.24, 2.45) is 0 Å². The van der Waals surface area contributed by atoms with Gasteiger partial charge in [-0.15, -0.1) is 13.2 Å². The summed E-state index contributed by atoms with van der Waals surface area (Å²) in [5, 5.41) is 30.7. The number of aromatic nitrogens is 1. The lowest BCUT2D eigenvalue weighted by atomic mass is 9.97. The Morgan fingerprint density at radius 2 is 1.72 bits per heavy atom. The number of anilines is 1. The normalized spacial score (nSPS) is 12.7. The molecule has 0 aliphatic carbocycles. The Morgan fingerprint density at radius 1 is 1.09 bits per heavy atom. The van der Waals surface area contributed by atoms with E-state index in [4.69, 9.17) is 21.4 Å². The first-order valence-corrected chi connectivity index (χ1v) is 15.6. The van der Waals surface area contributed by atoms with Crippen molar-refractivity contribution < 1.29 is 45.3 Å². The molecule has 1 heterocycles. The molecule has 0 fully saturated rings. The molecule has 46 heavy (non-hydrogen) atoms. The van der Waals surface area contributed by atoms with E-state index in [1.807, 2.05) is 0 Å². The molecule has 0 unspecified atom stereocenters. The molecule has 4 N–H and O–H groups in total. The Labute approximate surface area is 266 Å². The molecular formula is C31H28ClF4N3O6S. The van der Waals surface area contributed by atoms with Gasteiger partial charge in [-0.05, 0) is 73.5 Å². The van der Waals surface area contributed by atoms with Gasteiger partial charge in [0.05, 0.1) is 22.2 Å². The minimum absolute atomic E-state index is 0.129. The maximum Gasteiger partial charge on any atom is 0.573 e. The van der Waals surface area contributed by atoms with Crippen LogP contribution in [0.5, 0.6) is 5.75 Å². The highest BCUT2D eigenvalue weighted by Gasteiger charge is 2.31. The van der Waals surface area contributed by atoms with E-state index in [0.717, 1.165) is 24.5 Å². The largest absolute Gasteiger partial charge is 0.573 e. The minimum Gasteiger partial charge on any atom is -0.440 e. The second-order valence-electron chi connectivity index (χ2n) is 10.7. The number of hydrogen-bond donors (Lipinski definition) is 4. The first-order chi connectivity index (χ1) is 21.3. The van der Waals surface area contributed by atoms with E-state index in [2.05, 4.69) is 15.0 Å². The third-order valence-electron chi connectivity index (χ3n) is 6.61. The number of aliphatic hydroxyl groups is 2. The predicted octanol–water partition coefficient (Wildman–Crippen LogP) is 7.20. The third kappa shape index (κ3) is 7.94. The number of ether oxygens (including phenoxy) is 1. The fraction of sp³-hybridized carbons (Fsp3) is 0.226. The number of halogens is 5. The van der Waals surface area contributed by atoms with Crippen molar-refractivity contribution in [3.8, 4) is 39.5 Å². The van der Waals surface area contributed by atoms with Gasteiger partial charge in [0.2, 0.25) is 0 Å². The summed E-state index contributed by atoms with van der Waals surface area (Å²) in [6, 6.07) is 11.8. The molecule has 0 aliphatic rings. The number of sulfone groups is 1. The van der Waals surface area contributed by atoms with E-state index in [9.17, 15) is 31.8 Å². The molecule has 9 nitrogen and oxygen atoms in total. The van der Waals surface area contributed by atoms with Gasteiger partial charge < -0.3 is 30.1 Å². The number of aliphatic hydroxyl groups excluding tert-OH is 1. The minimum atomic E-state index is -4.89. The fourth-order valence-corrected chi connectivity index (χ4v) is 5.66. The van der Waals surface area contributed by atoms with E-state index in [1.165, 1.54) is 44.3 Å². The quantitative estimate of drug-likeness (QED) is 0.102. The lowest BCUT2D eigenvalue weighted by molar-refractivity contribution is -0.274. The zero-order chi connectivity index (χ0) is 34.2. The standard InChI is InChI=1S/C31H28ClF4N3O6S/c1-16-39-27(17-5-8-20(9-6-17)45-31(34,35)36)28(44-16)21-11-18(7-10-25(21)38-14-23(32)29(37)30(2,3)41)19-12-24(33)22(15-40)26(13-19)46(4,42)43/h5-14,37-38,40-41H,15H2,1-4H3/b23-14+,37-29?. The monoisotopic (exact) mass is 681 g/mol. The number of benzene rings is 3. The average Bonchev–Trinajstić information content (AvgIpc) is 3.34. The summed E-state index contributed by atoms with van der Waals surface area (Å²) in [6.45, 7) is 3.47. The molecule has 244 valence electrons. The van der Waals surface area contributed by atoms with E-state index in [1.54, 1.807) is 19.1 Å². The first kappa shape index (κ1) is 34.6. The molecule has 15 heteroatoms. The molecule has 0 saturated heterocycles. The van der Waals surface area contributed by atoms with Crippen molar-refractivity contribution in [3.05, 3.63) is 83.1 Å². The molecule has 0 radical (unpaired) electrons. The van der Waals surface area contributed by atoms with Crippen molar-refractivity contribution in [3.63, 3.8) is 0 Å². The van der Waals surface area contributed by atoms with Crippen LogP contribution < -0.4 is 10.1 Å². The van der Waals surface area contributed by atoms with Crippen LogP contribution in [0.25, 0.3) is 33.7 Å². The highest BCUT2D eigenvalue weighted by molar-refractivity contribution is 7.90. The van der Waals surface area contributed by atoms with Crippen LogP contribution in [0.1, 0.15) is 25.3 Å². The lowest BCUT2D eigenvalue weighted by Gasteiger charge is -2.18. The number of rotatable bonds is 10. The first-order valence-electron chi connectivity index (χ1n) is 13.3. The summed E-state index contributed by atoms with van der Waals surface area (Å²) in [6.07, 6.45) is -2.75. The van der Waals surface area contributed by atoms with Gasteiger partial charge in [-0.25, -0.2) is 17.8 Å². The molecule has 0 atom stereocenters. The Bertz CT molecular complexity index is 1930. The maximum absolute atomic E-state index is 15.0. The van der Waals surface area contributed by atoms with Gasteiger partial charge in [0.15, 0.2) is 21.5 Å². The van der Waals surface area contributed by atoms with Gasteiger partial charge >= 0.3 is 6.36 Å². The number of hydrogen-bond acceptors (Lipinski definition) is 9. The summed E-state index contributed by atoms with van der Waals surface area (Å²) >= 11 is 6.26. The number of aryl methyl sites for hydroxylation is 1. The van der Waals surface area contributed by atoms with Crippen LogP contribution in [0.2, 0.25) is 0 Å². The van der Waals surface area contributed by atoms with E-state index in [0.29, 0.717) is 16.8 Å². The van der Waals surface area contributed by atoms with Crippen molar-refractivity contribution in [2.75, 3.05) is 11.6 Å². The molecule has 0 bridgehead atoms. The van der Waals surface area contributed by atoms with Crippen LogP contribution in [0, 0.1) is 18.2 Å². The molecule has 0 aliphatic heterocycles. The second kappa shape index (κ2) is 12.9. The fourth-order valence-electron chi connectivity index (χ4n) is 4.43. The van der Waals surface area contributed by atoms with E-state index in [-0.39, 0.29) is 44.8 Å². The third-order valence-corrected chi connectivity index (χ3v) is 8.07. The molecule has 3 aromatic carbocycles. The molecule has 0 saturated carbocycles. The zero-order valence-electron chi connectivity index (χ0n) is 24.8. The summed E-state index contributed by atoms with van der Waals surface area (Å²) in [7, 11) is -3.95. The molecule has 0 spiro atoms. The maximum atomic E-state index is 15.0. The van der Waals surface area contributed by atoms with Crippen LogP contribution in [-0.2, 0) is 16.4 Å². The Kier molecular flexibility index (Phi) is 9.69. The van der Waals surface area contributed by atoms with Crippen molar-refractivity contribution in [1.82, 2.24) is 4.98 Å². The molecule has 4 aromatic rings. The Morgan fingerprint density at radius 3 is 2.28 bits per heavy atom. The molecular weight excluding hydrogens is 654 g/mol. The van der Waals surface area contributed by atoms with E-state index >= 15 is 4.39 Å². The number of oxazole rings is 1. The van der Waals surface area contributed by atoms with Crippen LogP contribution in [0.3, 0.4) is 0 Å². The summed E-state index contributed by atoms with van der Waals surface area (Å²) in [4.78, 5) is 4.01. The number of alkyl halides is 3. The zero-order valence-corrected chi connectivity index (χ0v) is 26.3. The van der Waals surface area contributed by atoms with Crippen molar-refractivity contribution in [2.45, 2.75) is 44.2 Å². The second-order valence-corrected chi connectivity index (χ2v) is 13.1. The smallest absolute Gasteiger partial charge is 0.440 e. The Balaban J connectivity index is 1.91.